The van der Waals surface area contributed by atoms with Crippen molar-refractivity contribution < 1.29 is 19.1 Å². The van der Waals surface area contributed by atoms with Crippen molar-refractivity contribution in [2.75, 3.05) is 56.5 Å². The van der Waals surface area contributed by atoms with Gasteiger partial charge in [-0.15, -0.1) is 0 Å². The lowest BCUT2D eigenvalue weighted by Gasteiger charge is -2.36. The molecule has 2 aliphatic rings. The van der Waals surface area contributed by atoms with Gasteiger partial charge < -0.3 is 25.0 Å². The van der Waals surface area contributed by atoms with Gasteiger partial charge in [0.15, 0.2) is 0 Å². The molecule has 2 aromatic rings. The summed E-state index contributed by atoms with van der Waals surface area (Å²) in [7, 11) is 6.88. The van der Waals surface area contributed by atoms with Crippen molar-refractivity contribution in [3.05, 3.63) is 41.6 Å². The SMILES string of the molecule is C=CC(=O)NC1CN(C)CC1Nc1ncc2c(n1)N(C)C(=O)N(c1c(C)c(OC)cc(OC)c1C)C2. The molecule has 1 fully saturated rings. The van der Waals surface area contributed by atoms with E-state index in [4.69, 9.17) is 9.47 Å². The van der Waals surface area contributed by atoms with Crippen molar-refractivity contribution in [3.63, 3.8) is 0 Å². The summed E-state index contributed by atoms with van der Waals surface area (Å²) < 4.78 is 11.1. The molecule has 1 saturated heterocycles. The molecule has 0 spiro atoms. The Balaban J connectivity index is 1.62. The van der Waals surface area contributed by atoms with Crippen molar-refractivity contribution in [3.8, 4) is 11.5 Å². The topological polar surface area (TPSA) is 112 Å². The number of nitrogens with one attached hydrogen (secondary N) is 2. The summed E-state index contributed by atoms with van der Waals surface area (Å²) in [6, 6.07) is 1.40. The number of carbonyl (C=O) groups is 2. The van der Waals surface area contributed by atoms with Gasteiger partial charge in [0.05, 0.1) is 38.5 Å². The number of likely N-dealkylation sites (N-methyl/N-ethyl adjacent to an activating group) is 1. The number of fused-ring (bicyclic) bond motifs is 1. The molecule has 1 aromatic carbocycles. The quantitative estimate of drug-likeness (QED) is 0.562. The van der Waals surface area contributed by atoms with Crippen molar-refractivity contribution in [1.82, 2.24) is 20.2 Å². The maximum Gasteiger partial charge on any atom is 0.330 e. The fraction of sp³-hybridized carbons (Fsp3) is 0.440. The third-order valence-electron chi connectivity index (χ3n) is 6.76. The zero-order valence-corrected chi connectivity index (χ0v) is 21.6. The molecule has 1 aromatic heterocycles. The molecule has 11 nitrogen and oxygen atoms in total. The number of methoxy groups -OCH3 is 2. The minimum Gasteiger partial charge on any atom is -0.496 e. The first kappa shape index (κ1) is 25.2. The average molecular weight is 496 g/mol. The van der Waals surface area contributed by atoms with Gasteiger partial charge in [0.1, 0.15) is 17.3 Å². The van der Waals surface area contributed by atoms with Crippen LogP contribution in [-0.4, -0.2) is 80.3 Å². The highest BCUT2D eigenvalue weighted by molar-refractivity contribution is 6.06. The number of ether oxygens (including phenoxy) is 2. The Bertz CT molecular complexity index is 1170. The van der Waals surface area contributed by atoms with Crippen LogP contribution in [0.4, 0.5) is 22.2 Å². The van der Waals surface area contributed by atoms with Gasteiger partial charge in [-0.25, -0.2) is 9.78 Å². The van der Waals surface area contributed by atoms with Gasteiger partial charge in [-0.05, 0) is 27.0 Å². The second-order valence-electron chi connectivity index (χ2n) is 9.14. The molecule has 2 atom stereocenters. The van der Waals surface area contributed by atoms with Crippen LogP contribution in [0.2, 0.25) is 0 Å². The molecule has 11 heteroatoms. The molecule has 4 rings (SSSR count). The Hall–Kier alpha value is -3.86. The van der Waals surface area contributed by atoms with E-state index in [1.165, 1.54) is 11.0 Å². The second kappa shape index (κ2) is 10.0. The minimum absolute atomic E-state index is 0.0902. The predicted octanol–water partition coefficient (Wildman–Crippen LogP) is 2.08. The summed E-state index contributed by atoms with van der Waals surface area (Å²) in [6.07, 6.45) is 3.00. The van der Waals surface area contributed by atoms with Crippen molar-refractivity contribution in [2.45, 2.75) is 32.5 Å². The van der Waals surface area contributed by atoms with Crippen LogP contribution < -0.4 is 29.9 Å². The molecule has 0 bridgehead atoms. The van der Waals surface area contributed by atoms with Gasteiger partial charge >= 0.3 is 6.03 Å². The van der Waals surface area contributed by atoms with E-state index < -0.39 is 0 Å². The van der Waals surface area contributed by atoms with Crippen LogP contribution in [0.1, 0.15) is 16.7 Å². The van der Waals surface area contributed by atoms with Gasteiger partial charge in [-0.1, -0.05) is 6.58 Å². The number of anilines is 3. The fourth-order valence-corrected chi connectivity index (χ4v) is 4.93. The molecule has 0 saturated carbocycles. The van der Waals surface area contributed by atoms with Crippen molar-refractivity contribution >= 4 is 29.4 Å². The van der Waals surface area contributed by atoms with E-state index in [1.807, 2.05) is 27.0 Å². The third-order valence-corrected chi connectivity index (χ3v) is 6.76. The van der Waals surface area contributed by atoms with Gasteiger partial charge in [-0.2, -0.15) is 4.98 Å². The van der Waals surface area contributed by atoms with Crippen LogP contribution in [0.25, 0.3) is 0 Å². The molecule has 36 heavy (non-hydrogen) atoms. The van der Waals surface area contributed by atoms with Gasteiger partial charge in [0.25, 0.3) is 0 Å². The predicted molar refractivity (Wildman–Crippen MR) is 138 cm³/mol. The van der Waals surface area contributed by atoms with Crippen LogP contribution in [0.15, 0.2) is 24.9 Å². The standard InChI is InChI=1S/C25H33N7O4/c1-8-21(33)27-17-12-30(4)13-18(17)28-24-26-10-16-11-32(25(34)31(5)23(16)29-24)22-14(2)19(35-6)9-20(36-7)15(22)3/h8-10,17-18H,1,11-13H2,2-7H3,(H,27,33)(H,26,28,29). The number of urea groups is 1. The van der Waals surface area contributed by atoms with Crippen LogP contribution in [0, 0.1) is 13.8 Å². The molecule has 2 N–H and O–H groups in total. The number of nitrogens with zero attached hydrogens (tertiary/aromatic N) is 5. The Morgan fingerprint density at radius 3 is 2.39 bits per heavy atom. The fourth-order valence-electron chi connectivity index (χ4n) is 4.93. The summed E-state index contributed by atoms with van der Waals surface area (Å²) >= 11 is 0. The third kappa shape index (κ3) is 4.53. The summed E-state index contributed by atoms with van der Waals surface area (Å²) in [6.45, 7) is 9.08. The number of likely N-dealkylation sites (tertiary alicyclic amines) is 1. The smallest absolute Gasteiger partial charge is 0.330 e. The average Bonchev–Trinajstić information content (AvgIpc) is 3.20. The number of hydrogen-bond acceptors (Lipinski definition) is 8. The normalized spacial score (nSPS) is 19.7. The first-order valence-corrected chi connectivity index (χ1v) is 11.7. The van der Waals surface area contributed by atoms with Gasteiger partial charge in [-0.3, -0.25) is 14.6 Å². The van der Waals surface area contributed by atoms with Gasteiger partial charge in [0, 0.05) is 49.1 Å². The molecule has 0 aliphatic carbocycles. The highest BCUT2D eigenvalue weighted by Crippen LogP contribution is 2.41. The maximum absolute atomic E-state index is 13.5. The largest absolute Gasteiger partial charge is 0.496 e. The number of hydrogen-bond donors (Lipinski definition) is 2. The monoisotopic (exact) mass is 495 g/mol. The summed E-state index contributed by atoms with van der Waals surface area (Å²) in [5.74, 6) is 2.00. The highest BCUT2D eigenvalue weighted by atomic mass is 16.5. The van der Waals surface area contributed by atoms with Crippen LogP contribution in [-0.2, 0) is 11.3 Å². The highest BCUT2D eigenvalue weighted by Gasteiger charge is 2.35. The number of benzene rings is 1. The van der Waals surface area contributed by atoms with Crippen LogP contribution in [0.3, 0.4) is 0 Å². The van der Waals surface area contributed by atoms with E-state index >= 15 is 0 Å². The van der Waals surface area contributed by atoms with E-state index in [9.17, 15) is 9.59 Å². The molecular formula is C25H33N7O4. The first-order valence-electron chi connectivity index (χ1n) is 11.7. The lowest BCUT2D eigenvalue weighted by Crippen LogP contribution is -2.47. The van der Waals surface area contributed by atoms with E-state index in [1.54, 1.807) is 32.4 Å². The molecular weight excluding hydrogens is 462 g/mol. The minimum atomic E-state index is -0.223. The Morgan fingerprint density at radius 2 is 1.78 bits per heavy atom. The Kier molecular flexibility index (Phi) is 7.02. The molecule has 3 heterocycles. The number of amides is 3. The maximum atomic E-state index is 13.5. The lowest BCUT2D eigenvalue weighted by atomic mass is 10.0. The summed E-state index contributed by atoms with van der Waals surface area (Å²) in [4.78, 5) is 39.9. The van der Waals surface area contributed by atoms with E-state index in [0.717, 1.165) is 22.4 Å². The van der Waals surface area contributed by atoms with E-state index in [-0.39, 0.29) is 24.0 Å². The van der Waals surface area contributed by atoms with Crippen LogP contribution in [0.5, 0.6) is 11.5 Å². The van der Waals surface area contributed by atoms with Gasteiger partial charge in [0.2, 0.25) is 11.9 Å². The Labute approximate surface area is 211 Å². The molecule has 2 aliphatic heterocycles. The first-order chi connectivity index (χ1) is 17.2. The van der Waals surface area contributed by atoms with Crippen molar-refractivity contribution in [1.29, 1.82) is 0 Å². The lowest BCUT2D eigenvalue weighted by molar-refractivity contribution is -0.117. The number of carbonyl (C=O) groups excluding carboxylic acids is 2. The van der Waals surface area contributed by atoms with E-state index in [2.05, 4.69) is 32.1 Å². The molecule has 3 amide bonds. The molecule has 192 valence electrons. The zero-order valence-electron chi connectivity index (χ0n) is 21.6. The summed E-state index contributed by atoms with van der Waals surface area (Å²) in [5.41, 5.74) is 3.24. The van der Waals surface area contributed by atoms with Crippen LogP contribution >= 0.6 is 0 Å². The number of aromatic nitrogens is 2. The zero-order chi connectivity index (χ0) is 26.1. The molecule has 2 unspecified atom stereocenters. The van der Waals surface area contributed by atoms with Crippen molar-refractivity contribution in [2.24, 2.45) is 0 Å². The number of rotatable bonds is 7. The van der Waals surface area contributed by atoms with E-state index in [0.29, 0.717) is 42.9 Å². The summed E-state index contributed by atoms with van der Waals surface area (Å²) in [5, 5.41) is 6.28. The second-order valence-corrected chi connectivity index (χ2v) is 9.14. The molecule has 0 radical (unpaired) electrons. The Morgan fingerprint density at radius 1 is 1.14 bits per heavy atom.